The van der Waals surface area contributed by atoms with Crippen molar-refractivity contribution in [3.8, 4) is 0 Å². The molecular formula is C18H15N5O5. The number of hydrogen-bond donors (Lipinski definition) is 5. The summed E-state index contributed by atoms with van der Waals surface area (Å²) in [4.78, 5) is 40.1. The maximum absolute atomic E-state index is 12.5. The number of rotatable bonds is 5. The number of H-pyrrole nitrogens is 2. The van der Waals surface area contributed by atoms with Crippen molar-refractivity contribution in [1.29, 1.82) is 0 Å². The van der Waals surface area contributed by atoms with E-state index in [-0.39, 0.29) is 22.6 Å². The number of imidazole rings is 1. The van der Waals surface area contributed by atoms with Crippen LogP contribution in [0, 0.1) is 0 Å². The summed E-state index contributed by atoms with van der Waals surface area (Å²) in [7, 11) is 0. The zero-order valence-corrected chi connectivity index (χ0v) is 14.6. The van der Waals surface area contributed by atoms with E-state index >= 15 is 0 Å². The van der Waals surface area contributed by atoms with Crippen LogP contribution in [0.15, 0.2) is 68.9 Å². The quantitative estimate of drug-likeness (QED) is 0.260. The van der Waals surface area contributed by atoms with Crippen molar-refractivity contribution in [2.45, 2.75) is 6.92 Å². The predicted octanol–water partition coefficient (Wildman–Crippen LogP) is 3.07. The third kappa shape index (κ3) is 3.96. The number of nitrogens with one attached hydrogen (secondary N) is 3. The Morgan fingerprint density at radius 3 is 2.46 bits per heavy atom. The average Bonchev–Trinajstić information content (AvgIpc) is 3.01. The lowest BCUT2D eigenvalue weighted by Gasteiger charge is -2.06. The van der Waals surface area contributed by atoms with Crippen molar-refractivity contribution in [3.63, 3.8) is 0 Å². The van der Waals surface area contributed by atoms with E-state index in [0.717, 1.165) is 0 Å². The smallest absolute Gasteiger partial charge is 0.337 e. The first-order chi connectivity index (χ1) is 13.3. The Morgan fingerprint density at radius 2 is 1.75 bits per heavy atom. The number of allylic oxidation sites excluding steroid dienone is 1. The van der Waals surface area contributed by atoms with Crippen LogP contribution in [0.3, 0.4) is 0 Å². The maximum Gasteiger partial charge on any atom is 0.337 e. The summed E-state index contributed by atoms with van der Waals surface area (Å²) in [5.41, 5.74) is 0.594. The maximum atomic E-state index is 12.5. The first-order valence-corrected chi connectivity index (χ1v) is 8.02. The predicted molar refractivity (Wildman–Crippen MR) is 101 cm³/mol. The van der Waals surface area contributed by atoms with Gasteiger partial charge in [0, 0.05) is 5.69 Å². The van der Waals surface area contributed by atoms with Crippen LogP contribution in [0.4, 0.5) is 11.4 Å². The fourth-order valence-electron chi connectivity index (χ4n) is 2.43. The highest BCUT2D eigenvalue weighted by molar-refractivity contribution is 6.04. The summed E-state index contributed by atoms with van der Waals surface area (Å²) >= 11 is 0. The summed E-state index contributed by atoms with van der Waals surface area (Å²) in [6.07, 6.45) is 0. The molecule has 0 aliphatic rings. The van der Waals surface area contributed by atoms with Crippen LogP contribution >= 0.6 is 0 Å². The molecular weight excluding hydrogens is 366 g/mol. The second-order valence-corrected chi connectivity index (χ2v) is 5.75. The van der Waals surface area contributed by atoms with Crippen LogP contribution < -0.4 is 11.0 Å². The van der Waals surface area contributed by atoms with Gasteiger partial charge in [0.2, 0.25) is 0 Å². The second-order valence-electron chi connectivity index (χ2n) is 5.75. The van der Waals surface area contributed by atoms with Crippen LogP contribution in [-0.2, 0) is 4.79 Å². The van der Waals surface area contributed by atoms with Crippen molar-refractivity contribution in [1.82, 2.24) is 9.97 Å². The van der Waals surface area contributed by atoms with Gasteiger partial charge in [0.25, 0.3) is 5.91 Å². The van der Waals surface area contributed by atoms with E-state index in [1.165, 1.54) is 31.2 Å². The van der Waals surface area contributed by atoms with Crippen LogP contribution in [-0.4, -0.2) is 32.1 Å². The molecule has 0 saturated carbocycles. The second kappa shape index (κ2) is 7.58. The van der Waals surface area contributed by atoms with Gasteiger partial charge < -0.3 is 25.5 Å². The van der Waals surface area contributed by atoms with Gasteiger partial charge in [-0.3, -0.25) is 4.79 Å². The highest BCUT2D eigenvalue weighted by atomic mass is 16.4. The van der Waals surface area contributed by atoms with Gasteiger partial charge in [-0.2, -0.15) is 0 Å². The fraction of sp³-hybridized carbons (Fsp3) is 0.0556. The minimum Gasteiger partial charge on any atom is -0.510 e. The molecule has 3 aromatic rings. The molecule has 0 unspecified atom stereocenters. The Labute approximate surface area is 157 Å². The number of aliphatic hydroxyl groups excluding tert-OH is 1. The molecule has 3 rings (SSSR count). The van der Waals surface area contributed by atoms with E-state index in [4.69, 9.17) is 5.11 Å². The van der Waals surface area contributed by atoms with E-state index in [0.29, 0.717) is 16.7 Å². The van der Waals surface area contributed by atoms with Crippen molar-refractivity contribution in [2.75, 3.05) is 5.32 Å². The molecule has 0 fully saturated rings. The van der Waals surface area contributed by atoms with Gasteiger partial charge in [-0.25, -0.2) is 9.59 Å². The van der Waals surface area contributed by atoms with Crippen LogP contribution in [0.2, 0.25) is 0 Å². The zero-order valence-electron chi connectivity index (χ0n) is 14.6. The Morgan fingerprint density at radius 1 is 1.04 bits per heavy atom. The van der Waals surface area contributed by atoms with Crippen molar-refractivity contribution >= 4 is 34.3 Å². The number of azo groups is 1. The molecule has 0 aliphatic carbocycles. The Bertz CT molecular complexity index is 1180. The minimum atomic E-state index is -1.20. The molecule has 0 bridgehead atoms. The minimum absolute atomic E-state index is 0.0351. The Hall–Kier alpha value is -4.21. The molecule has 0 atom stereocenters. The number of aromatic amines is 2. The number of carboxylic acid groups (broad SMARTS) is 1. The van der Waals surface area contributed by atoms with Crippen molar-refractivity contribution < 1.29 is 19.8 Å². The highest BCUT2D eigenvalue weighted by Crippen LogP contribution is 2.21. The molecule has 1 amide bonds. The zero-order chi connectivity index (χ0) is 20.3. The molecule has 0 saturated heterocycles. The first-order valence-electron chi connectivity index (χ1n) is 8.02. The fourth-order valence-corrected chi connectivity index (χ4v) is 2.43. The number of aliphatic hydroxyl groups is 1. The lowest BCUT2D eigenvalue weighted by molar-refractivity contribution is -0.113. The molecule has 2 aromatic carbocycles. The lowest BCUT2D eigenvalue weighted by atomic mass is 10.2. The van der Waals surface area contributed by atoms with Gasteiger partial charge in [-0.05, 0) is 37.3 Å². The van der Waals surface area contributed by atoms with Gasteiger partial charge >= 0.3 is 11.7 Å². The average molecular weight is 381 g/mol. The summed E-state index contributed by atoms with van der Waals surface area (Å²) in [6, 6.07) is 10.6. The first kappa shape index (κ1) is 18.6. The molecule has 0 aliphatic heterocycles. The highest BCUT2D eigenvalue weighted by Gasteiger charge is 2.15. The number of carboxylic acids is 1. The van der Waals surface area contributed by atoms with Crippen LogP contribution in [0.1, 0.15) is 17.3 Å². The number of hydrogen-bond acceptors (Lipinski definition) is 6. The monoisotopic (exact) mass is 381 g/mol. The van der Waals surface area contributed by atoms with Gasteiger partial charge in [-0.1, -0.05) is 12.1 Å². The van der Waals surface area contributed by atoms with Crippen molar-refractivity contribution in [3.05, 3.63) is 70.0 Å². The standard InChI is InChI=1S/C18H15N5O5/c1-9(24)15(23-22-12-5-3-2-4-11(12)17(26)27)16(25)19-10-6-7-13-14(8-10)21-18(28)20-13/h2-8,24H,1H3,(H,19,25)(H,26,27)(H2,20,21,28). The Kier molecular flexibility index (Phi) is 5.03. The third-order valence-corrected chi connectivity index (χ3v) is 3.72. The largest absolute Gasteiger partial charge is 0.510 e. The molecule has 1 heterocycles. The number of aromatic nitrogens is 2. The number of anilines is 1. The molecule has 10 nitrogen and oxygen atoms in total. The molecule has 5 N–H and O–H groups in total. The number of carbonyl (C=O) groups is 2. The molecule has 1 aromatic heterocycles. The van der Waals surface area contributed by atoms with E-state index in [9.17, 15) is 19.5 Å². The molecule has 28 heavy (non-hydrogen) atoms. The van der Waals surface area contributed by atoms with Crippen molar-refractivity contribution in [2.24, 2.45) is 10.2 Å². The number of carbonyl (C=O) groups excluding carboxylic acids is 1. The van der Waals surface area contributed by atoms with Crippen LogP contribution in [0.5, 0.6) is 0 Å². The van der Waals surface area contributed by atoms with E-state index in [1.807, 2.05) is 0 Å². The topological polar surface area (TPSA) is 160 Å². The number of aromatic carboxylic acids is 1. The van der Waals surface area contributed by atoms with E-state index in [2.05, 4.69) is 25.5 Å². The van der Waals surface area contributed by atoms with E-state index < -0.39 is 17.6 Å². The SMILES string of the molecule is CC(O)=C(N=Nc1ccccc1C(=O)O)C(=O)Nc1ccc2[nH]c(=O)[nH]c2c1. The molecule has 142 valence electrons. The molecule has 0 radical (unpaired) electrons. The third-order valence-electron chi connectivity index (χ3n) is 3.72. The van der Waals surface area contributed by atoms with Gasteiger partial charge in [0.1, 0.15) is 11.4 Å². The number of nitrogens with zero attached hydrogens (tertiary/aromatic N) is 2. The number of benzene rings is 2. The summed E-state index contributed by atoms with van der Waals surface area (Å²) in [5, 5.41) is 29.0. The normalized spacial score (nSPS) is 12.2. The lowest BCUT2D eigenvalue weighted by Crippen LogP contribution is -2.14. The van der Waals surface area contributed by atoms with Gasteiger partial charge in [0.05, 0.1) is 16.6 Å². The summed E-state index contributed by atoms with van der Waals surface area (Å²) in [6.45, 7) is 1.25. The number of fused-ring (bicyclic) bond motifs is 1. The van der Waals surface area contributed by atoms with Crippen LogP contribution in [0.25, 0.3) is 11.0 Å². The van der Waals surface area contributed by atoms with E-state index in [1.54, 1.807) is 18.2 Å². The molecule has 0 spiro atoms. The summed E-state index contributed by atoms with van der Waals surface area (Å²) in [5.74, 6) is -2.35. The molecule has 10 heteroatoms. The summed E-state index contributed by atoms with van der Waals surface area (Å²) < 4.78 is 0. The number of amides is 1. The Balaban J connectivity index is 1.86. The van der Waals surface area contributed by atoms with Gasteiger partial charge in [0.15, 0.2) is 5.70 Å². The van der Waals surface area contributed by atoms with Gasteiger partial charge in [-0.15, -0.1) is 10.2 Å².